The van der Waals surface area contributed by atoms with Gasteiger partial charge in [-0.3, -0.25) is 14.9 Å². The topological polar surface area (TPSA) is 94.6 Å². The molecule has 1 N–H and O–H groups in total. The first-order valence-corrected chi connectivity index (χ1v) is 5.95. The molecule has 0 spiro atoms. The molecule has 0 aliphatic heterocycles. The highest BCUT2D eigenvalue weighted by molar-refractivity contribution is 6.02. The molecule has 0 bridgehead atoms. The zero-order valence-electron chi connectivity index (χ0n) is 11.1. The third-order valence-electron chi connectivity index (χ3n) is 2.63. The van der Waals surface area contributed by atoms with Crippen LogP contribution in [0.25, 0.3) is 0 Å². The zero-order valence-corrected chi connectivity index (χ0v) is 11.1. The van der Waals surface area contributed by atoms with Crippen LogP contribution in [-0.2, 0) is 0 Å². The third-order valence-corrected chi connectivity index (χ3v) is 2.63. The van der Waals surface area contributed by atoms with E-state index in [0.717, 1.165) is 0 Å². The molecule has 0 atom stereocenters. The number of nitrogens with one attached hydrogen (secondary N) is 1. The molecule has 108 valence electrons. The average molecular weight is 288 g/mol. The molecule has 7 heteroatoms. The Hall–Kier alpha value is -3.09. The number of hydrogen-bond acceptors (Lipinski definition) is 6. The Kier molecular flexibility index (Phi) is 4.35. The van der Waals surface area contributed by atoms with Crippen LogP contribution in [0.3, 0.4) is 0 Å². The highest BCUT2D eigenvalue weighted by atomic mass is 16.6. The monoisotopic (exact) mass is 288 g/mol. The maximum Gasteiger partial charge on any atom is 0.273 e. The quantitative estimate of drug-likeness (QED) is 0.380. The fourth-order valence-corrected chi connectivity index (χ4v) is 1.62. The number of carbonyl (C=O) groups excluding carboxylic acids is 1. The molecule has 21 heavy (non-hydrogen) atoms. The molecule has 1 aromatic heterocycles. The van der Waals surface area contributed by atoms with Crippen LogP contribution in [0.15, 0.2) is 53.3 Å². The summed E-state index contributed by atoms with van der Waals surface area (Å²) >= 11 is 0. The Morgan fingerprint density at radius 1 is 1.43 bits per heavy atom. The first-order valence-electron chi connectivity index (χ1n) is 5.95. The number of rotatable bonds is 6. The van der Waals surface area contributed by atoms with E-state index in [9.17, 15) is 14.9 Å². The minimum atomic E-state index is -0.511. The molecule has 2 rings (SSSR count). The van der Waals surface area contributed by atoms with Crippen molar-refractivity contribution < 1.29 is 18.9 Å². The van der Waals surface area contributed by atoms with Crippen molar-refractivity contribution in [3.8, 4) is 5.75 Å². The molecule has 0 saturated carbocycles. The van der Waals surface area contributed by atoms with Crippen LogP contribution in [0.5, 0.6) is 5.75 Å². The van der Waals surface area contributed by atoms with Gasteiger partial charge in [0.1, 0.15) is 5.75 Å². The molecule has 1 aromatic carbocycles. The molecule has 0 unspecified atom stereocenters. The van der Waals surface area contributed by atoms with Gasteiger partial charge in [-0.1, -0.05) is 0 Å². The van der Waals surface area contributed by atoms with Crippen molar-refractivity contribution in [1.82, 2.24) is 0 Å². The van der Waals surface area contributed by atoms with Gasteiger partial charge in [0.25, 0.3) is 5.69 Å². The number of nitro benzene ring substituents is 1. The van der Waals surface area contributed by atoms with Gasteiger partial charge >= 0.3 is 0 Å². The van der Waals surface area contributed by atoms with E-state index in [1.165, 1.54) is 43.8 Å². The number of anilines is 1. The van der Waals surface area contributed by atoms with Crippen LogP contribution in [0, 0.1) is 10.1 Å². The number of methoxy groups -OCH3 is 1. The number of furan rings is 1. The Morgan fingerprint density at radius 2 is 2.24 bits per heavy atom. The van der Waals surface area contributed by atoms with Gasteiger partial charge in [0.05, 0.1) is 30.1 Å². The van der Waals surface area contributed by atoms with Crippen LogP contribution in [0.4, 0.5) is 11.4 Å². The average Bonchev–Trinajstić information content (AvgIpc) is 3.01. The zero-order chi connectivity index (χ0) is 15.2. The van der Waals surface area contributed by atoms with Crippen molar-refractivity contribution in [2.75, 3.05) is 12.4 Å². The van der Waals surface area contributed by atoms with Crippen LogP contribution in [0.1, 0.15) is 10.6 Å². The molecule has 1 heterocycles. The Balaban J connectivity index is 2.09. The molecular weight excluding hydrogens is 276 g/mol. The van der Waals surface area contributed by atoms with Crippen molar-refractivity contribution in [3.05, 3.63) is 64.7 Å². The lowest BCUT2D eigenvalue weighted by Crippen LogP contribution is -1.97. The third kappa shape index (κ3) is 3.47. The minimum Gasteiger partial charge on any atom is -0.494 e. The SMILES string of the molecule is COc1cc([N+](=O)[O-])ccc1N/C=C/C(=O)c1ccco1. The maximum absolute atomic E-state index is 11.7. The lowest BCUT2D eigenvalue weighted by atomic mass is 10.2. The van der Waals surface area contributed by atoms with Crippen molar-refractivity contribution in [2.24, 2.45) is 0 Å². The molecule has 0 amide bonds. The maximum atomic E-state index is 11.7. The minimum absolute atomic E-state index is 0.0759. The molecule has 0 aliphatic carbocycles. The van der Waals surface area contributed by atoms with Crippen molar-refractivity contribution in [2.45, 2.75) is 0 Å². The van der Waals surface area contributed by atoms with E-state index in [0.29, 0.717) is 11.4 Å². The predicted molar refractivity (Wildman–Crippen MR) is 75.4 cm³/mol. The number of ether oxygens (including phenoxy) is 1. The fraction of sp³-hybridized carbons (Fsp3) is 0.0714. The number of hydrogen-bond donors (Lipinski definition) is 1. The van der Waals surface area contributed by atoms with Crippen LogP contribution < -0.4 is 10.1 Å². The summed E-state index contributed by atoms with van der Waals surface area (Å²) in [5.74, 6) is 0.233. The summed E-state index contributed by atoms with van der Waals surface area (Å²) in [6.07, 6.45) is 4.11. The second-order valence-electron chi connectivity index (χ2n) is 3.96. The van der Waals surface area contributed by atoms with E-state index in [-0.39, 0.29) is 17.2 Å². The Bertz CT molecular complexity index is 677. The standard InChI is InChI=1S/C14H12N2O5/c1-20-14-9-10(16(18)19)4-5-11(14)15-7-6-12(17)13-3-2-8-21-13/h2-9,15H,1H3/b7-6+. The number of carbonyl (C=O) groups is 1. The summed E-state index contributed by atoms with van der Waals surface area (Å²) in [4.78, 5) is 21.8. The summed E-state index contributed by atoms with van der Waals surface area (Å²) in [7, 11) is 1.40. The van der Waals surface area contributed by atoms with Crippen molar-refractivity contribution in [3.63, 3.8) is 0 Å². The molecule has 0 saturated heterocycles. The van der Waals surface area contributed by atoms with E-state index in [1.54, 1.807) is 12.1 Å². The molecular formula is C14H12N2O5. The second-order valence-corrected chi connectivity index (χ2v) is 3.96. The number of nitro groups is 1. The fourth-order valence-electron chi connectivity index (χ4n) is 1.62. The lowest BCUT2D eigenvalue weighted by molar-refractivity contribution is -0.384. The Morgan fingerprint density at radius 3 is 2.86 bits per heavy atom. The number of ketones is 1. The van der Waals surface area contributed by atoms with Gasteiger partial charge in [-0.25, -0.2) is 0 Å². The number of nitrogens with zero attached hydrogens (tertiary/aromatic N) is 1. The van der Waals surface area contributed by atoms with E-state index >= 15 is 0 Å². The molecule has 0 aliphatic rings. The van der Waals surface area contributed by atoms with Gasteiger partial charge in [0, 0.05) is 18.3 Å². The first kappa shape index (κ1) is 14.3. The van der Waals surface area contributed by atoms with Gasteiger partial charge in [-0.15, -0.1) is 0 Å². The molecule has 0 fully saturated rings. The van der Waals surface area contributed by atoms with Gasteiger partial charge < -0.3 is 14.5 Å². The van der Waals surface area contributed by atoms with Crippen molar-refractivity contribution in [1.29, 1.82) is 0 Å². The van der Waals surface area contributed by atoms with Gasteiger partial charge in [0.15, 0.2) is 5.76 Å². The summed E-state index contributed by atoms with van der Waals surface area (Å²) in [6.45, 7) is 0. The summed E-state index contributed by atoms with van der Waals surface area (Å²) < 4.78 is 10.0. The first-order chi connectivity index (χ1) is 10.1. The van der Waals surface area contributed by atoms with E-state index < -0.39 is 4.92 Å². The van der Waals surface area contributed by atoms with E-state index in [4.69, 9.17) is 9.15 Å². The number of non-ortho nitro benzene ring substituents is 1. The summed E-state index contributed by atoms with van der Waals surface area (Å²) in [6, 6.07) is 7.31. The normalized spacial score (nSPS) is 10.5. The largest absolute Gasteiger partial charge is 0.494 e. The second kappa shape index (κ2) is 6.38. The molecule has 7 nitrogen and oxygen atoms in total. The number of benzene rings is 1. The van der Waals surface area contributed by atoms with Gasteiger partial charge in [-0.05, 0) is 18.2 Å². The smallest absolute Gasteiger partial charge is 0.273 e. The van der Waals surface area contributed by atoms with E-state index in [2.05, 4.69) is 5.32 Å². The molecule has 0 radical (unpaired) electrons. The lowest BCUT2D eigenvalue weighted by Gasteiger charge is -2.07. The van der Waals surface area contributed by atoms with E-state index in [1.807, 2.05) is 0 Å². The predicted octanol–water partition coefficient (Wildman–Crippen LogP) is 3.00. The summed E-state index contributed by atoms with van der Waals surface area (Å²) in [5, 5.41) is 13.5. The highest BCUT2D eigenvalue weighted by Gasteiger charge is 2.10. The highest BCUT2D eigenvalue weighted by Crippen LogP contribution is 2.28. The van der Waals surface area contributed by atoms with Gasteiger partial charge in [-0.2, -0.15) is 0 Å². The summed E-state index contributed by atoms with van der Waals surface area (Å²) in [5.41, 5.74) is 0.430. The van der Waals surface area contributed by atoms with Gasteiger partial charge in [0.2, 0.25) is 5.78 Å². The number of allylic oxidation sites excluding steroid dienone is 1. The van der Waals surface area contributed by atoms with Crippen LogP contribution in [0.2, 0.25) is 0 Å². The van der Waals surface area contributed by atoms with Crippen LogP contribution >= 0.6 is 0 Å². The van der Waals surface area contributed by atoms with Crippen LogP contribution in [-0.4, -0.2) is 17.8 Å². The van der Waals surface area contributed by atoms with Crippen molar-refractivity contribution >= 4 is 17.2 Å². The molecule has 2 aromatic rings. The Labute approximate surface area is 120 Å².